The fourth-order valence-corrected chi connectivity index (χ4v) is 3.13. The van der Waals surface area contributed by atoms with Crippen LogP contribution in [-0.4, -0.2) is 19.2 Å². The Morgan fingerprint density at radius 3 is 2.54 bits per heavy atom. The molecule has 24 heavy (non-hydrogen) atoms. The number of ether oxygens (including phenoxy) is 1. The third-order valence-electron chi connectivity index (χ3n) is 4.27. The highest BCUT2D eigenvalue weighted by molar-refractivity contribution is 5.62. The maximum atomic E-state index is 5.87. The van der Waals surface area contributed by atoms with Crippen molar-refractivity contribution >= 4 is 11.4 Å². The summed E-state index contributed by atoms with van der Waals surface area (Å²) in [5.74, 6) is 0.920. The van der Waals surface area contributed by atoms with Gasteiger partial charge in [-0.2, -0.15) is 0 Å². The molecule has 0 radical (unpaired) electrons. The predicted molar refractivity (Wildman–Crippen MR) is 102 cm³/mol. The lowest BCUT2D eigenvalue weighted by Gasteiger charge is -2.28. The molecule has 0 atom stereocenters. The fourth-order valence-electron chi connectivity index (χ4n) is 3.13. The number of aryl methyl sites for hydroxylation is 1. The van der Waals surface area contributed by atoms with Gasteiger partial charge in [-0.15, -0.1) is 0 Å². The highest BCUT2D eigenvalue weighted by Gasteiger charge is 2.14. The lowest BCUT2D eigenvalue weighted by atomic mass is 10.0. The van der Waals surface area contributed by atoms with E-state index in [0.717, 1.165) is 18.8 Å². The first-order chi connectivity index (χ1) is 11.4. The number of fused-ring (bicyclic) bond motifs is 1. The summed E-state index contributed by atoms with van der Waals surface area (Å²) >= 11 is 0. The Balaban J connectivity index is 1.61. The van der Waals surface area contributed by atoms with E-state index in [1.165, 1.54) is 35.3 Å². The number of hydrogen-bond donors (Lipinski definition) is 1. The summed E-state index contributed by atoms with van der Waals surface area (Å²) in [5.41, 5.74) is 5.11. The molecule has 128 valence electrons. The second kappa shape index (κ2) is 6.76. The molecule has 0 aliphatic carbocycles. The number of anilines is 2. The minimum Gasteiger partial charge on any atom is -0.488 e. The van der Waals surface area contributed by atoms with E-state index < -0.39 is 0 Å². The zero-order chi connectivity index (χ0) is 17.2. The van der Waals surface area contributed by atoms with Crippen molar-refractivity contribution in [2.75, 3.05) is 23.8 Å². The largest absolute Gasteiger partial charge is 0.488 e. The van der Waals surface area contributed by atoms with Crippen molar-refractivity contribution in [3.63, 3.8) is 0 Å². The van der Waals surface area contributed by atoms with Crippen molar-refractivity contribution in [2.45, 2.75) is 45.8 Å². The minimum absolute atomic E-state index is 0.157. The number of nitrogens with one attached hydrogen (secondary N) is 1. The molecular weight excluding hydrogens is 296 g/mol. The van der Waals surface area contributed by atoms with Crippen molar-refractivity contribution in [1.82, 2.24) is 0 Å². The van der Waals surface area contributed by atoms with Crippen molar-refractivity contribution in [3.8, 4) is 5.75 Å². The van der Waals surface area contributed by atoms with Crippen LogP contribution in [0, 0.1) is 0 Å². The van der Waals surface area contributed by atoms with E-state index in [1.54, 1.807) is 0 Å². The second-order valence-corrected chi connectivity index (χ2v) is 7.58. The first kappa shape index (κ1) is 16.7. The molecule has 0 aromatic heterocycles. The summed E-state index contributed by atoms with van der Waals surface area (Å²) in [6.45, 7) is 8.18. The maximum Gasteiger partial charge on any atom is 0.120 e. The molecule has 2 aromatic rings. The van der Waals surface area contributed by atoms with Gasteiger partial charge in [0.05, 0.1) is 0 Å². The van der Waals surface area contributed by atoms with Crippen LogP contribution < -0.4 is 15.0 Å². The van der Waals surface area contributed by atoms with E-state index >= 15 is 0 Å². The van der Waals surface area contributed by atoms with Gasteiger partial charge < -0.3 is 15.0 Å². The highest BCUT2D eigenvalue weighted by atomic mass is 16.5. The number of rotatable bonds is 4. The zero-order valence-electron chi connectivity index (χ0n) is 15.2. The van der Waals surface area contributed by atoms with Crippen molar-refractivity contribution in [3.05, 3.63) is 53.6 Å². The Bertz CT molecular complexity index is 686. The standard InChI is InChI=1S/C21H28N2O/c1-21(2,3)24-19-10-7-16(8-11-19)15-22-18-9-12-20-17(14-18)6-5-13-23(20)4/h7-12,14,22H,5-6,13,15H2,1-4H3. The van der Waals surface area contributed by atoms with E-state index in [-0.39, 0.29) is 5.60 Å². The average Bonchev–Trinajstić information content (AvgIpc) is 2.53. The minimum atomic E-state index is -0.157. The van der Waals surface area contributed by atoms with Gasteiger partial charge in [0.1, 0.15) is 11.4 Å². The molecule has 3 rings (SSSR count). The smallest absolute Gasteiger partial charge is 0.120 e. The summed E-state index contributed by atoms with van der Waals surface area (Å²) < 4.78 is 5.87. The Morgan fingerprint density at radius 1 is 1.08 bits per heavy atom. The molecule has 0 unspecified atom stereocenters. The second-order valence-electron chi connectivity index (χ2n) is 7.58. The van der Waals surface area contributed by atoms with Crippen molar-refractivity contribution in [1.29, 1.82) is 0 Å². The monoisotopic (exact) mass is 324 g/mol. The van der Waals surface area contributed by atoms with Gasteiger partial charge in [0.15, 0.2) is 0 Å². The summed E-state index contributed by atoms with van der Waals surface area (Å²) in [5, 5.41) is 3.53. The van der Waals surface area contributed by atoms with Crippen molar-refractivity contribution < 1.29 is 4.74 Å². The van der Waals surface area contributed by atoms with Gasteiger partial charge in [-0.1, -0.05) is 12.1 Å². The van der Waals surface area contributed by atoms with Crippen LogP contribution in [-0.2, 0) is 13.0 Å². The van der Waals surface area contributed by atoms with Crippen LogP contribution in [0.4, 0.5) is 11.4 Å². The van der Waals surface area contributed by atoms with E-state index in [1.807, 2.05) is 12.1 Å². The van der Waals surface area contributed by atoms with Crippen LogP contribution >= 0.6 is 0 Å². The molecule has 0 spiro atoms. The Hall–Kier alpha value is -2.16. The average molecular weight is 324 g/mol. The summed E-state index contributed by atoms with van der Waals surface area (Å²) in [4.78, 5) is 2.34. The van der Waals surface area contributed by atoms with Gasteiger partial charge in [0.25, 0.3) is 0 Å². The lowest BCUT2D eigenvalue weighted by Crippen LogP contribution is -2.24. The van der Waals surface area contributed by atoms with Crippen LogP contribution in [0.3, 0.4) is 0 Å². The zero-order valence-corrected chi connectivity index (χ0v) is 15.2. The van der Waals surface area contributed by atoms with Crippen molar-refractivity contribution in [2.24, 2.45) is 0 Å². The number of benzene rings is 2. The van der Waals surface area contributed by atoms with E-state index in [2.05, 4.69) is 68.4 Å². The van der Waals surface area contributed by atoms with Gasteiger partial charge in [0.2, 0.25) is 0 Å². The quantitative estimate of drug-likeness (QED) is 0.869. The fraction of sp³-hybridized carbons (Fsp3) is 0.429. The maximum absolute atomic E-state index is 5.87. The number of hydrogen-bond acceptors (Lipinski definition) is 3. The van der Waals surface area contributed by atoms with E-state index in [4.69, 9.17) is 4.74 Å². The molecule has 0 amide bonds. The summed E-state index contributed by atoms with van der Waals surface area (Å²) in [6.07, 6.45) is 2.41. The predicted octanol–water partition coefficient (Wildman–Crippen LogP) is 4.86. The Morgan fingerprint density at radius 2 is 1.83 bits per heavy atom. The van der Waals surface area contributed by atoms with Crippen LogP contribution in [0.25, 0.3) is 0 Å². The molecule has 3 nitrogen and oxygen atoms in total. The Labute approximate surface area is 145 Å². The molecule has 0 fully saturated rings. The summed E-state index contributed by atoms with van der Waals surface area (Å²) in [6, 6.07) is 15.0. The Kier molecular flexibility index (Phi) is 4.70. The van der Waals surface area contributed by atoms with Crippen LogP contribution in [0.1, 0.15) is 38.3 Å². The molecule has 1 heterocycles. The van der Waals surface area contributed by atoms with Gasteiger partial charge in [-0.05, 0) is 75.1 Å². The molecule has 1 aliphatic heterocycles. The van der Waals surface area contributed by atoms with Crippen LogP contribution in [0.5, 0.6) is 5.75 Å². The molecule has 1 aliphatic rings. The SMILES string of the molecule is CN1CCCc2cc(NCc3ccc(OC(C)(C)C)cc3)ccc21. The molecule has 1 N–H and O–H groups in total. The third-order valence-corrected chi connectivity index (χ3v) is 4.27. The molecule has 2 aromatic carbocycles. The van der Waals surface area contributed by atoms with Gasteiger partial charge >= 0.3 is 0 Å². The van der Waals surface area contributed by atoms with E-state index in [9.17, 15) is 0 Å². The third kappa shape index (κ3) is 4.22. The molecule has 0 saturated carbocycles. The van der Waals surface area contributed by atoms with E-state index in [0.29, 0.717) is 0 Å². The van der Waals surface area contributed by atoms with Crippen LogP contribution in [0.15, 0.2) is 42.5 Å². The molecule has 0 bridgehead atoms. The molecule has 0 saturated heterocycles. The number of nitrogens with zero attached hydrogens (tertiary/aromatic N) is 1. The molecule has 3 heteroatoms. The van der Waals surface area contributed by atoms with Gasteiger partial charge in [-0.25, -0.2) is 0 Å². The van der Waals surface area contributed by atoms with Gasteiger partial charge in [-0.3, -0.25) is 0 Å². The summed E-state index contributed by atoms with van der Waals surface area (Å²) in [7, 11) is 2.17. The van der Waals surface area contributed by atoms with Gasteiger partial charge in [0, 0.05) is 31.5 Å². The molecular formula is C21H28N2O. The lowest BCUT2D eigenvalue weighted by molar-refractivity contribution is 0.131. The first-order valence-electron chi connectivity index (χ1n) is 8.77. The normalized spacial score (nSPS) is 14.2. The topological polar surface area (TPSA) is 24.5 Å². The highest BCUT2D eigenvalue weighted by Crippen LogP contribution is 2.28. The first-order valence-corrected chi connectivity index (χ1v) is 8.77. The van der Waals surface area contributed by atoms with Crippen LogP contribution in [0.2, 0.25) is 0 Å².